The van der Waals surface area contributed by atoms with Crippen molar-refractivity contribution in [3.63, 3.8) is 0 Å². The Morgan fingerprint density at radius 3 is 2.27 bits per heavy atom. The number of piperazine rings is 1. The lowest BCUT2D eigenvalue weighted by molar-refractivity contribution is -0.127. The summed E-state index contributed by atoms with van der Waals surface area (Å²) in [6, 6.07) is 10.6. The van der Waals surface area contributed by atoms with Crippen molar-refractivity contribution in [3.8, 4) is 17.2 Å². The summed E-state index contributed by atoms with van der Waals surface area (Å²) in [6.45, 7) is 4.45. The Bertz CT molecular complexity index is 999. The highest BCUT2D eigenvalue weighted by Crippen LogP contribution is 2.36. The van der Waals surface area contributed by atoms with E-state index >= 15 is 0 Å². The van der Waals surface area contributed by atoms with Crippen molar-refractivity contribution >= 4 is 29.5 Å². The number of hydrogen-bond donors (Lipinski definition) is 0. The Hall–Kier alpha value is -3.19. The van der Waals surface area contributed by atoms with Crippen LogP contribution in [0.4, 0.5) is 0 Å². The predicted molar refractivity (Wildman–Crippen MR) is 128 cm³/mol. The molecule has 0 aromatic heterocycles. The Kier molecular flexibility index (Phi) is 8.60. The Labute approximate surface area is 199 Å². The molecule has 2 aromatic carbocycles. The molecule has 1 aliphatic rings. The Morgan fingerprint density at radius 1 is 1.00 bits per heavy atom. The van der Waals surface area contributed by atoms with Crippen LogP contribution >= 0.6 is 11.6 Å². The fourth-order valence-corrected chi connectivity index (χ4v) is 3.77. The van der Waals surface area contributed by atoms with Crippen molar-refractivity contribution in [1.82, 2.24) is 9.80 Å². The van der Waals surface area contributed by atoms with Gasteiger partial charge < -0.3 is 24.0 Å². The second-order valence-electron chi connectivity index (χ2n) is 7.56. The number of ether oxygens (including phenoxy) is 3. The summed E-state index contributed by atoms with van der Waals surface area (Å²) in [7, 11) is 3.14. The van der Waals surface area contributed by atoms with Gasteiger partial charge in [0.1, 0.15) is 5.75 Å². The standard InChI is InChI=1S/C25H29ClN2O5/c1-4-15-33-24-21(26)16-18(17-22(24)32-3)5-10-23(29)27-11-13-28(14-12-27)25(30)19-6-8-20(31-2)9-7-19/h5-10,16-17H,4,11-15H2,1-3H3/b10-5+. The molecule has 0 N–H and O–H groups in total. The number of benzene rings is 2. The largest absolute Gasteiger partial charge is 0.497 e. The molecule has 7 nitrogen and oxygen atoms in total. The molecule has 1 heterocycles. The molecule has 0 spiro atoms. The van der Waals surface area contributed by atoms with E-state index in [9.17, 15) is 9.59 Å². The molecule has 0 radical (unpaired) electrons. The Morgan fingerprint density at radius 2 is 1.67 bits per heavy atom. The van der Waals surface area contributed by atoms with Gasteiger partial charge in [0.15, 0.2) is 11.5 Å². The Balaban J connectivity index is 1.58. The highest BCUT2D eigenvalue weighted by atomic mass is 35.5. The number of halogens is 1. The van der Waals surface area contributed by atoms with E-state index in [1.807, 2.05) is 6.92 Å². The molecule has 1 fully saturated rings. The van der Waals surface area contributed by atoms with Crippen LogP contribution in [-0.4, -0.2) is 68.6 Å². The van der Waals surface area contributed by atoms with Crippen LogP contribution in [0.2, 0.25) is 5.02 Å². The van der Waals surface area contributed by atoms with Gasteiger partial charge in [0.05, 0.1) is 25.8 Å². The maximum absolute atomic E-state index is 12.7. The van der Waals surface area contributed by atoms with Crippen LogP contribution in [0.5, 0.6) is 17.2 Å². The number of carbonyl (C=O) groups excluding carboxylic acids is 2. The number of hydrogen-bond acceptors (Lipinski definition) is 5. The van der Waals surface area contributed by atoms with Crippen LogP contribution in [0.25, 0.3) is 6.08 Å². The molecule has 2 amide bonds. The van der Waals surface area contributed by atoms with E-state index in [1.54, 1.807) is 66.5 Å². The van der Waals surface area contributed by atoms with Gasteiger partial charge in [-0.05, 0) is 54.5 Å². The maximum atomic E-state index is 12.7. The second-order valence-corrected chi connectivity index (χ2v) is 7.97. The molecule has 0 aliphatic carbocycles. The third-order valence-electron chi connectivity index (χ3n) is 5.34. The lowest BCUT2D eigenvalue weighted by Gasteiger charge is -2.34. The summed E-state index contributed by atoms with van der Waals surface area (Å²) in [5, 5.41) is 0.431. The van der Waals surface area contributed by atoms with Crippen molar-refractivity contribution in [2.24, 2.45) is 0 Å². The van der Waals surface area contributed by atoms with Crippen molar-refractivity contribution < 1.29 is 23.8 Å². The maximum Gasteiger partial charge on any atom is 0.253 e. The fourth-order valence-electron chi connectivity index (χ4n) is 3.50. The van der Waals surface area contributed by atoms with E-state index < -0.39 is 0 Å². The molecule has 0 unspecified atom stereocenters. The molecule has 0 atom stereocenters. The zero-order valence-corrected chi connectivity index (χ0v) is 19.9. The first-order chi connectivity index (χ1) is 16.0. The third-order valence-corrected chi connectivity index (χ3v) is 5.62. The van der Waals surface area contributed by atoms with Crippen molar-refractivity contribution in [3.05, 3.63) is 58.6 Å². The minimum atomic E-state index is -0.118. The van der Waals surface area contributed by atoms with Crippen molar-refractivity contribution in [2.75, 3.05) is 47.0 Å². The molecule has 3 rings (SSSR count). The molecular weight excluding hydrogens is 444 g/mol. The summed E-state index contributed by atoms with van der Waals surface area (Å²) in [5.74, 6) is 1.56. The van der Waals surface area contributed by atoms with E-state index in [2.05, 4.69) is 0 Å². The summed E-state index contributed by atoms with van der Waals surface area (Å²) >= 11 is 6.35. The zero-order chi connectivity index (χ0) is 23.8. The van der Waals surface area contributed by atoms with Gasteiger partial charge in [-0.15, -0.1) is 0 Å². The number of nitrogens with zero attached hydrogens (tertiary/aromatic N) is 2. The van der Waals surface area contributed by atoms with E-state index in [4.69, 9.17) is 25.8 Å². The predicted octanol–water partition coefficient (Wildman–Crippen LogP) is 4.14. The summed E-state index contributed by atoms with van der Waals surface area (Å²) in [6.07, 6.45) is 4.07. The average molecular weight is 473 g/mol. The number of amides is 2. The van der Waals surface area contributed by atoms with Gasteiger partial charge in [0.2, 0.25) is 5.91 Å². The smallest absolute Gasteiger partial charge is 0.253 e. The molecule has 0 bridgehead atoms. The van der Waals surface area contributed by atoms with Gasteiger partial charge in [0, 0.05) is 37.8 Å². The molecule has 1 aliphatic heterocycles. The minimum Gasteiger partial charge on any atom is -0.497 e. The van der Waals surface area contributed by atoms with Crippen LogP contribution in [-0.2, 0) is 4.79 Å². The SMILES string of the molecule is CCCOc1c(Cl)cc(/C=C/C(=O)N2CCN(C(=O)c3ccc(OC)cc3)CC2)cc1OC. The fraction of sp³-hybridized carbons (Fsp3) is 0.360. The van der Waals surface area contributed by atoms with E-state index in [0.29, 0.717) is 60.6 Å². The van der Waals surface area contributed by atoms with Gasteiger partial charge in [-0.25, -0.2) is 0 Å². The minimum absolute atomic E-state index is 0.0487. The first kappa shape index (κ1) is 24.5. The third kappa shape index (κ3) is 6.20. The first-order valence-corrected chi connectivity index (χ1v) is 11.2. The van der Waals surface area contributed by atoms with Crippen LogP contribution < -0.4 is 14.2 Å². The van der Waals surface area contributed by atoms with Crippen LogP contribution in [0, 0.1) is 0 Å². The van der Waals surface area contributed by atoms with Gasteiger partial charge in [-0.2, -0.15) is 0 Å². The number of rotatable bonds is 8. The second kappa shape index (κ2) is 11.6. The summed E-state index contributed by atoms with van der Waals surface area (Å²) < 4.78 is 16.2. The molecule has 176 valence electrons. The quantitative estimate of drug-likeness (QED) is 0.540. The monoisotopic (exact) mass is 472 g/mol. The van der Waals surface area contributed by atoms with Crippen LogP contribution in [0.1, 0.15) is 29.3 Å². The highest BCUT2D eigenvalue weighted by Gasteiger charge is 2.24. The first-order valence-electron chi connectivity index (χ1n) is 10.9. The molecule has 2 aromatic rings. The van der Waals surface area contributed by atoms with Crippen molar-refractivity contribution in [1.29, 1.82) is 0 Å². The molecule has 8 heteroatoms. The normalized spacial score (nSPS) is 13.8. The van der Waals surface area contributed by atoms with E-state index in [-0.39, 0.29) is 11.8 Å². The lowest BCUT2D eigenvalue weighted by Crippen LogP contribution is -2.50. The molecule has 0 saturated carbocycles. The van der Waals surface area contributed by atoms with Gasteiger partial charge in [-0.1, -0.05) is 18.5 Å². The lowest BCUT2D eigenvalue weighted by atomic mass is 10.1. The van der Waals surface area contributed by atoms with Crippen molar-refractivity contribution in [2.45, 2.75) is 13.3 Å². The molecule has 1 saturated heterocycles. The summed E-state index contributed by atoms with van der Waals surface area (Å²) in [5.41, 5.74) is 1.34. The summed E-state index contributed by atoms with van der Waals surface area (Å²) in [4.78, 5) is 28.9. The topological polar surface area (TPSA) is 68.3 Å². The molecule has 33 heavy (non-hydrogen) atoms. The van der Waals surface area contributed by atoms with E-state index in [1.165, 1.54) is 6.08 Å². The number of methoxy groups -OCH3 is 2. The number of carbonyl (C=O) groups is 2. The molecular formula is C25H29ClN2O5. The zero-order valence-electron chi connectivity index (χ0n) is 19.2. The average Bonchev–Trinajstić information content (AvgIpc) is 2.86. The van der Waals surface area contributed by atoms with Crippen LogP contribution in [0.3, 0.4) is 0 Å². The highest BCUT2D eigenvalue weighted by molar-refractivity contribution is 6.32. The van der Waals surface area contributed by atoms with Gasteiger partial charge in [-0.3, -0.25) is 9.59 Å². The van der Waals surface area contributed by atoms with Crippen LogP contribution in [0.15, 0.2) is 42.5 Å². The van der Waals surface area contributed by atoms with E-state index in [0.717, 1.165) is 12.0 Å². The van der Waals surface area contributed by atoms with Gasteiger partial charge in [0.25, 0.3) is 5.91 Å². The van der Waals surface area contributed by atoms with Gasteiger partial charge >= 0.3 is 0 Å².